The first-order chi connectivity index (χ1) is 8.81. The Morgan fingerprint density at radius 3 is 2.39 bits per heavy atom. The zero-order valence-electron chi connectivity index (χ0n) is 10.2. The molecule has 0 saturated heterocycles. The summed E-state index contributed by atoms with van der Waals surface area (Å²) < 4.78 is 5.16. The Bertz CT molecular complexity index is 556. The van der Waals surface area contributed by atoms with E-state index in [-0.39, 0.29) is 5.78 Å². The topological polar surface area (TPSA) is 26.3 Å². The van der Waals surface area contributed by atoms with Crippen LogP contribution in [-0.2, 0) is 0 Å². The zero-order chi connectivity index (χ0) is 12.8. The van der Waals surface area contributed by atoms with E-state index in [9.17, 15) is 4.79 Å². The molecule has 0 aromatic heterocycles. The number of hydrogen-bond donors (Lipinski definition) is 0. The third-order valence-electron chi connectivity index (χ3n) is 2.60. The maximum absolute atomic E-state index is 12.0. The quantitative estimate of drug-likeness (QED) is 0.601. The van der Waals surface area contributed by atoms with E-state index in [0.29, 0.717) is 11.3 Å². The lowest BCUT2D eigenvalue weighted by atomic mass is 10.1. The van der Waals surface area contributed by atoms with Gasteiger partial charge in [0.05, 0.1) is 12.7 Å². The molecule has 2 heteroatoms. The van der Waals surface area contributed by atoms with Crippen molar-refractivity contribution < 1.29 is 9.53 Å². The predicted octanol–water partition coefficient (Wildman–Crippen LogP) is 3.59. The van der Waals surface area contributed by atoms with Gasteiger partial charge in [-0.15, -0.1) is 0 Å². The maximum Gasteiger partial charge on any atom is 0.189 e. The van der Waals surface area contributed by atoms with E-state index in [1.54, 1.807) is 31.4 Å². The van der Waals surface area contributed by atoms with Gasteiger partial charge in [-0.25, -0.2) is 0 Å². The Morgan fingerprint density at radius 1 is 1.00 bits per heavy atom. The normalized spacial score (nSPS) is 10.5. The lowest BCUT2D eigenvalue weighted by Crippen LogP contribution is -1.98. The average Bonchev–Trinajstić information content (AvgIpc) is 2.45. The molecule has 0 spiro atoms. The zero-order valence-corrected chi connectivity index (χ0v) is 10.2. The molecule has 0 heterocycles. The van der Waals surface area contributed by atoms with Crippen molar-refractivity contribution in [1.82, 2.24) is 0 Å². The minimum Gasteiger partial charge on any atom is -0.496 e. The fraction of sp³-hybridized carbons (Fsp3) is 0.0625. The standard InChI is InChI=1S/C16H14O2/c1-18-16-10-6-5-9-14(16)15(17)12-11-13-7-3-2-4-8-13/h2-12H,1H3/b12-11-. The fourth-order valence-electron chi connectivity index (χ4n) is 1.67. The van der Waals surface area contributed by atoms with E-state index in [1.165, 1.54) is 0 Å². The van der Waals surface area contributed by atoms with Crippen molar-refractivity contribution >= 4 is 11.9 Å². The summed E-state index contributed by atoms with van der Waals surface area (Å²) in [6.45, 7) is 0. The van der Waals surface area contributed by atoms with Crippen LogP contribution in [0.4, 0.5) is 0 Å². The highest BCUT2D eigenvalue weighted by molar-refractivity contribution is 6.08. The van der Waals surface area contributed by atoms with Crippen LogP contribution in [0.15, 0.2) is 60.7 Å². The molecule has 2 nitrogen and oxygen atoms in total. The van der Waals surface area contributed by atoms with Crippen molar-refractivity contribution in [3.63, 3.8) is 0 Å². The second-order valence-corrected chi connectivity index (χ2v) is 3.81. The SMILES string of the molecule is COc1ccccc1C(=O)/C=C\c1ccccc1. The van der Waals surface area contributed by atoms with Gasteiger partial charge in [-0.3, -0.25) is 4.79 Å². The number of methoxy groups -OCH3 is 1. The molecule has 0 radical (unpaired) electrons. The number of hydrogen-bond acceptors (Lipinski definition) is 2. The molecule has 0 fully saturated rings. The van der Waals surface area contributed by atoms with Crippen LogP contribution < -0.4 is 4.74 Å². The summed E-state index contributed by atoms with van der Waals surface area (Å²) in [6.07, 6.45) is 3.36. The van der Waals surface area contributed by atoms with E-state index in [4.69, 9.17) is 4.74 Å². The molecule has 0 bridgehead atoms. The maximum atomic E-state index is 12.0. The van der Waals surface area contributed by atoms with Crippen molar-refractivity contribution in [2.24, 2.45) is 0 Å². The van der Waals surface area contributed by atoms with Gasteiger partial charge in [0, 0.05) is 0 Å². The number of ether oxygens (including phenoxy) is 1. The number of benzene rings is 2. The second kappa shape index (κ2) is 5.82. The number of ketones is 1. The summed E-state index contributed by atoms with van der Waals surface area (Å²) in [5.74, 6) is 0.538. The highest BCUT2D eigenvalue weighted by Gasteiger charge is 2.07. The molecule has 90 valence electrons. The molecule has 0 aliphatic carbocycles. The number of carbonyl (C=O) groups excluding carboxylic acids is 1. The first kappa shape index (κ1) is 12.1. The van der Waals surface area contributed by atoms with E-state index in [0.717, 1.165) is 5.56 Å². The van der Waals surface area contributed by atoms with Gasteiger partial charge in [-0.05, 0) is 23.8 Å². The van der Waals surface area contributed by atoms with E-state index in [2.05, 4.69) is 0 Å². The minimum absolute atomic E-state index is 0.0590. The van der Waals surface area contributed by atoms with Crippen molar-refractivity contribution in [2.45, 2.75) is 0 Å². The van der Waals surface area contributed by atoms with Crippen LogP contribution in [0.1, 0.15) is 15.9 Å². The third kappa shape index (κ3) is 2.86. The summed E-state index contributed by atoms with van der Waals surface area (Å²) in [5, 5.41) is 0. The molecule has 2 rings (SSSR count). The van der Waals surface area contributed by atoms with Gasteiger partial charge >= 0.3 is 0 Å². The number of para-hydroxylation sites is 1. The summed E-state index contributed by atoms with van der Waals surface area (Å²) in [6, 6.07) is 16.9. The Kier molecular flexibility index (Phi) is 3.92. The van der Waals surface area contributed by atoms with Gasteiger partial charge in [0.1, 0.15) is 5.75 Å². The molecule has 2 aromatic rings. The molecule has 0 atom stereocenters. The number of allylic oxidation sites excluding steroid dienone is 1. The van der Waals surface area contributed by atoms with E-state index in [1.807, 2.05) is 42.5 Å². The van der Waals surface area contributed by atoms with Crippen molar-refractivity contribution in [3.05, 3.63) is 71.8 Å². The molecule has 0 amide bonds. The number of rotatable bonds is 4. The molecule has 0 saturated carbocycles. The van der Waals surface area contributed by atoms with Crippen LogP contribution in [0.2, 0.25) is 0 Å². The lowest BCUT2D eigenvalue weighted by molar-refractivity contribution is 0.104. The highest BCUT2D eigenvalue weighted by atomic mass is 16.5. The largest absolute Gasteiger partial charge is 0.496 e. The van der Waals surface area contributed by atoms with Crippen LogP contribution in [-0.4, -0.2) is 12.9 Å². The van der Waals surface area contributed by atoms with E-state index >= 15 is 0 Å². The fourth-order valence-corrected chi connectivity index (χ4v) is 1.67. The van der Waals surface area contributed by atoms with Crippen molar-refractivity contribution in [3.8, 4) is 5.75 Å². The van der Waals surface area contributed by atoms with Gasteiger partial charge < -0.3 is 4.74 Å². The highest BCUT2D eigenvalue weighted by Crippen LogP contribution is 2.18. The smallest absolute Gasteiger partial charge is 0.189 e. The lowest BCUT2D eigenvalue weighted by Gasteiger charge is -2.04. The Labute approximate surface area is 107 Å². The molecule has 0 aliphatic rings. The molecular weight excluding hydrogens is 224 g/mol. The van der Waals surface area contributed by atoms with Crippen LogP contribution in [0.3, 0.4) is 0 Å². The Hall–Kier alpha value is -2.35. The van der Waals surface area contributed by atoms with Gasteiger partial charge in [0.25, 0.3) is 0 Å². The molecule has 0 N–H and O–H groups in total. The first-order valence-electron chi connectivity index (χ1n) is 5.72. The summed E-state index contributed by atoms with van der Waals surface area (Å²) in [7, 11) is 1.56. The predicted molar refractivity (Wildman–Crippen MR) is 72.8 cm³/mol. The Balaban J connectivity index is 2.20. The van der Waals surface area contributed by atoms with E-state index < -0.39 is 0 Å². The molecule has 2 aromatic carbocycles. The van der Waals surface area contributed by atoms with Gasteiger partial charge in [-0.1, -0.05) is 48.5 Å². The van der Waals surface area contributed by atoms with Crippen LogP contribution in [0.5, 0.6) is 5.75 Å². The number of carbonyl (C=O) groups is 1. The first-order valence-corrected chi connectivity index (χ1v) is 5.72. The molecule has 0 unspecified atom stereocenters. The summed E-state index contributed by atoms with van der Waals surface area (Å²) in [5.41, 5.74) is 1.58. The monoisotopic (exact) mass is 238 g/mol. The second-order valence-electron chi connectivity index (χ2n) is 3.81. The average molecular weight is 238 g/mol. The minimum atomic E-state index is -0.0590. The van der Waals surface area contributed by atoms with Crippen molar-refractivity contribution in [2.75, 3.05) is 7.11 Å². The molecule has 18 heavy (non-hydrogen) atoms. The summed E-state index contributed by atoms with van der Waals surface area (Å²) >= 11 is 0. The van der Waals surface area contributed by atoms with Crippen LogP contribution in [0, 0.1) is 0 Å². The molecule has 0 aliphatic heterocycles. The van der Waals surface area contributed by atoms with Gasteiger partial charge in [-0.2, -0.15) is 0 Å². The Morgan fingerprint density at radius 2 is 1.67 bits per heavy atom. The van der Waals surface area contributed by atoms with Crippen molar-refractivity contribution in [1.29, 1.82) is 0 Å². The van der Waals surface area contributed by atoms with Gasteiger partial charge in [0.2, 0.25) is 0 Å². The van der Waals surface area contributed by atoms with Crippen LogP contribution >= 0.6 is 0 Å². The van der Waals surface area contributed by atoms with Gasteiger partial charge in [0.15, 0.2) is 5.78 Å². The van der Waals surface area contributed by atoms with Crippen LogP contribution in [0.25, 0.3) is 6.08 Å². The summed E-state index contributed by atoms with van der Waals surface area (Å²) in [4.78, 5) is 12.0. The third-order valence-corrected chi connectivity index (χ3v) is 2.60. The molecular formula is C16H14O2.